The summed E-state index contributed by atoms with van der Waals surface area (Å²) in [6.45, 7) is 6.09. The number of amides is 2. The molecule has 2 saturated heterocycles. The van der Waals surface area contributed by atoms with Crippen LogP contribution in [0.25, 0.3) is 0 Å². The number of para-hydroxylation sites is 1. The summed E-state index contributed by atoms with van der Waals surface area (Å²) >= 11 is 7.85. The van der Waals surface area contributed by atoms with E-state index in [9.17, 15) is 4.79 Å². The van der Waals surface area contributed by atoms with Crippen molar-refractivity contribution in [1.29, 1.82) is 0 Å². The summed E-state index contributed by atoms with van der Waals surface area (Å²) in [5.74, 6) is 1.72. The third-order valence-corrected chi connectivity index (χ3v) is 7.05. The molecule has 2 aromatic carbocycles. The van der Waals surface area contributed by atoms with Crippen molar-refractivity contribution in [2.45, 2.75) is 5.37 Å². The number of ether oxygens (including phenoxy) is 1. The van der Waals surface area contributed by atoms with Crippen LogP contribution in [0.4, 0.5) is 10.5 Å². The number of anilines is 1. The van der Waals surface area contributed by atoms with E-state index in [4.69, 9.17) is 22.1 Å². The number of carbonyl (C=O) groups is 1. The van der Waals surface area contributed by atoms with E-state index >= 15 is 0 Å². The minimum Gasteiger partial charge on any atom is -0.492 e. The maximum absolute atomic E-state index is 11.7. The standard InChI is InChI=1S/C22H27ClN4O2S/c23-17-4-3-5-18(16-17)26-10-8-25(9-11-26)12-14-29-20-7-2-1-6-19(20)21-27(22(24)28)13-15-30-21/h1-7,16,21H,8-15H2,(H2,24,28). The van der Waals surface area contributed by atoms with E-state index in [1.165, 1.54) is 5.69 Å². The second-order valence-electron chi connectivity index (χ2n) is 7.45. The molecule has 6 nitrogen and oxygen atoms in total. The van der Waals surface area contributed by atoms with Crippen molar-refractivity contribution in [3.63, 3.8) is 0 Å². The molecule has 0 bridgehead atoms. The fraction of sp³-hybridized carbons (Fsp3) is 0.409. The van der Waals surface area contributed by atoms with Gasteiger partial charge in [0.25, 0.3) is 0 Å². The molecule has 4 rings (SSSR count). The number of halogens is 1. The number of piperazine rings is 1. The summed E-state index contributed by atoms with van der Waals surface area (Å²) in [7, 11) is 0. The number of rotatable bonds is 6. The van der Waals surface area contributed by atoms with Gasteiger partial charge in [-0.2, -0.15) is 0 Å². The monoisotopic (exact) mass is 446 g/mol. The molecule has 2 aromatic rings. The number of benzene rings is 2. The summed E-state index contributed by atoms with van der Waals surface area (Å²) in [5, 5.41) is 0.706. The van der Waals surface area contributed by atoms with E-state index in [0.29, 0.717) is 13.2 Å². The Balaban J connectivity index is 1.29. The van der Waals surface area contributed by atoms with Gasteiger partial charge in [0.05, 0.1) is 0 Å². The highest BCUT2D eigenvalue weighted by Crippen LogP contribution is 2.41. The number of hydrogen-bond acceptors (Lipinski definition) is 5. The van der Waals surface area contributed by atoms with Gasteiger partial charge in [0.1, 0.15) is 17.7 Å². The SMILES string of the molecule is NC(=O)N1CCSC1c1ccccc1OCCN1CCN(c2cccc(Cl)c2)CC1. The Morgan fingerprint density at radius 3 is 2.67 bits per heavy atom. The van der Waals surface area contributed by atoms with Crippen LogP contribution in [0, 0.1) is 0 Å². The lowest BCUT2D eigenvalue weighted by Crippen LogP contribution is -2.47. The zero-order chi connectivity index (χ0) is 20.9. The molecule has 8 heteroatoms. The van der Waals surface area contributed by atoms with Crippen LogP contribution in [0.15, 0.2) is 48.5 Å². The molecule has 0 radical (unpaired) electrons. The number of thioether (sulfide) groups is 1. The molecule has 0 saturated carbocycles. The maximum Gasteiger partial charge on any atom is 0.315 e. The fourth-order valence-electron chi connectivity index (χ4n) is 3.96. The Kier molecular flexibility index (Phi) is 6.92. The van der Waals surface area contributed by atoms with Gasteiger partial charge in [-0.15, -0.1) is 11.8 Å². The smallest absolute Gasteiger partial charge is 0.315 e. The second-order valence-corrected chi connectivity index (χ2v) is 9.07. The molecule has 30 heavy (non-hydrogen) atoms. The van der Waals surface area contributed by atoms with Crippen molar-refractivity contribution in [2.24, 2.45) is 5.73 Å². The van der Waals surface area contributed by atoms with Crippen molar-refractivity contribution < 1.29 is 9.53 Å². The molecule has 1 atom stereocenters. The largest absolute Gasteiger partial charge is 0.492 e. The van der Waals surface area contributed by atoms with Crippen LogP contribution in [-0.2, 0) is 0 Å². The second kappa shape index (κ2) is 9.81. The fourth-order valence-corrected chi connectivity index (χ4v) is 5.43. The van der Waals surface area contributed by atoms with Gasteiger partial charge in [-0.1, -0.05) is 35.9 Å². The van der Waals surface area contributed by atoms with Gasteiger partial charge in [0.15, 0.2) is 0 Å². The minimum absolute atomic E-state index is 0.0695. The average Bonchev–Trinajstić information content (AvgIpc) is 3.25. The van der Waals surface area contributed by atoms with Crippen LogP contribution < -0.4 is 15.4 Å². The Labute approximate surface area is 186 Å². The van der Waals surface area contributed by atoms with E-state index in [0.717, 1.165) is 54.8 Å². The van der Waals surface area contributed by atoms with Crippen LogP contribution in [0.1, 0.15) is 10.9 Å². The van der Waals surface area contributed by atoms with E-state index in [1.54, 1.807) is 16.7 Å². The highest BCUT2D eigenvalue weighted by Gasteiger charge is 2.31. The topological polar surface area (TPSA) is 62.0 Å². The quantitative estimate of drug-likeness (QED) is 0.733. The summed E-state index contributed by atoms with van der Waals surface area (Å²) in [4.78, 5) is 18.2. The molecule has 2 heterocycles. The minimum atomic E-state index is -0.377. The van der Waals surface area contributed by atoms with Crippen LogP contribution in [0.3, 0.4) is 0 Å². The number of primary amides is 1. The molecule has 0 spiro atoms. The number of nitrogens with zero attached hydrogens (tertiary/aromatic N) is 3. The van der Waals surface area contributed by atoms with Crippen molar-refractivity contribution in [3.8, 4) is 5.75 Å². The number of nitrogens with two attached hydrogens (primary N) is 1. The molecule has 2 amide bonds. The van der Waals surface area contributed by atoms with Crippen molar-refractivity contribution in [2.75, 3.05) is 56.5 Å². The average molecular weight is 447 g/mol. The van der Waals surface area contributed by atoms with E-state index in [1.807, 2.05) is 42.5 Å². The van der Waals surface area contributed by atoms with Gasteiger partial charge in [0, 0.05) is 61.3 Å². The van der Waals surface area contributed by atoms with Gasteiger partial charge >= 0.3 is 6.03 Å². The molecule has 2 aliphatic rings. The molecule has 1 unspecified atom stereocenters. The number of carbonyl (C=O) groups excluding carboxylic acids is 1. The van der Waals surface area contributed by atoms with Crippen molar-refractivity contribution in [3.05, 3.63) is 59.1 Å². The highest BCUT2D eigenvalue weighted by atomic mass is 35.5. The van der Waals surface area contributed by atoms with Gasteiger partial charge in [-0.25, -0.2) is 4.79 Å². The third kappa shape index (κ3) is 4.96. The van der Waals surface area contributed by atoms with Gasteiger partial charge in [-0.3, -0.25) is 4.90 Å². The Bertz CT molecular complexity index is 876. The van der Waals surface area contributed by atoms with Crippen LogP contribution in [-0.4, -0.2) is 67.5 Å². The Morgan fingerprint density at radius 1 is 1.10 bits per heavy atom. The molecular formula is C22H27ClN4O2S. The van der Waals surface area contributed by atoms with Gasteiger partial charge in [-0.05, 0) is 24.3 Å². The molecule has 2 N–H and O–H groups in total. The number of urea groups is 1. The number of hydrogen-bond donors (Lipinski definition) is 1. The van der Waals surface area contributed by atoms with Crippen molar-refractivity contribution >= 4 is 35.1 Å². The van der Waals surface area contributed by atoms with E-state index in [2.05, 4.69) is 15.9 Å². The Hall–Kier alpha value is -2.09. The van der Waals surface area contributed by atoms with Gasteiger partial charge < -0.3 is 20.3 Å². The first-order valence-electron chi connectivity index (χ1n) is 10.2. The molecule has 2 aliphatic heterocycles. The first-order chi connectivity index (χ1) is 14.6. The third-order valence-electron chi connectivity index (χ3n) is 5.57. The molecular weight excluding hydrogens is 420 g/mol. The van der Waals surface area contributed by atoms with Crippen LogP contribution >= 0.6 is 23.4 Å². The summed E-state index contributed by atoms with van der Waals surface area (Å²) in [6.07, 6.45) is 0. The summed E-state index contributed by atoms with van der Waals surface area (Å²) < 4.78 is 6.14. The van der Waals surface area contributed by atoms with E-state index < -0.39 is 0 Å². The first-order valence-corrected chi connectivity index (χ1v) is 11.7. The lowest BCUT2D eigenvalue weighted by atomic mass is 10.2. The zero-order valence-electron chi connectivity index (χ0n) is 16.9. The Morgan fingerprint density at radius 2 is 1.90 bits per heavy atom. The van der Waals surface area contributed by atoms with Gasteiger partial charge in [0.2, 0.25) is 0 Å². The zero-order valence-corrected chi connectivity index (χ0v) is 18.4. The molecule has 2 fully saturated rings. The summed E-state index contributed by atoms with van der Waals surface area (Å²) in [6, 6.07) is 15.6. The first kappa shape index (κ1) is 21.2. The predicted octanol–water partition coefficient (Wildman–Crippen LogP) is 3.67. The molecule has 160 valence electrons. The molecule has 0 aliphatic carbocycles. The molecule has 0 aromatic heterocycles. The van der Waals surface area contributed by atoms with Crippen molar-refractivity contribution in [1.82, 2.24) is 9.80 Å². The highest BCUT2D eigenvalue weighted by molar-refractivity contribution is 7.99. The predicted molar refractivity (Wildman–Crippen MR) is 124 cm³/mol. The lowest BCUT2D eigenvalue weighted by molar-refractivity contribution is 0.196. The van der Waals surface area contributed by atoms with Crippen LogP contribution in [0.5, 0.6) is 5.75 Å². The maximum atomic E-state index is 11.7. The van der Waals surface area contributed by atoms with Crippen LogP contribution in [0.2, 0.25) is 5.02 Å². The normalized spacial score (nSPS) is 19.8. The van der Waals surface area contributed by atoms with E-state index in [-0.39, 0.29) is 11.4 Å². The lowest BCUT2D eigenvalue weighted by Gasteiger charge is -2.36. The summed E-state index contributed by atoms with van der Waals surface area (Å²) in [5.41, 5.74) is 7.75.